The third-order valence-electron chi connectivity index (χ3n) is 1.62. The smallest absolute Gasteiger partial charge is 0.306 e. The number of amides is 1. The number of rotatable bonds is 6. The highest BCUT2D eigenvalue weighted by Crippen LogP contribution is 2.09. The molecule has 0 rings (SSSR count). The van der Waals surface area contributed by atoms with Crippen LogP contribution < -0.4 is 5.32 Å². The summed E-state index contributed by atoms with van der Waals surface area (Å²) in [6.07, 6.45) is 1.06. The van der Waals surface area contributed by atoms with Crippen molar-refractivity contribution in [3.63, 3.8) is 0 Å². The van der Waals surface area contributed by atoms with Crippen molar-refractivity contribution in [3.05, 3.63) is 0 Å². The normalized spacial score (nSPS) is 11.0. The fraction of sp³-hybridized carbons (Fsp3) is 0.818. The number of nitrogens with one attached hydrogen (secondary N) is 1. The number of hydrogen-bond donors (Lipinski definition) is 1. The quantitative estimate of drug-likeness (QED) is 0.551. The van der Waals surface area contributed by atoms with Crippen LogP contribution in [0, 0.1) is 0 Å². The summed E-state index contributed by atoms with van der Waals surface area (Å²) in [6.45, 7) is 5.65. The van der Waals surface area contributed by atoms with Gasteiger partial charge in [-0.3, -0.25) is 9.59 Å². The van der Waals surface area contributed by atoms with Crippen LogP contribution in [0.15, 0.2) is 0 Å². The Kier molecular flexibility index (Phi) is 6.72. The molecule has 0 heterocycles. The molecule has 0 aromatic heterocycles. The van der Waals surface area contributed by atoms with Gasteiger partial charge in [0.15, 0.2) is 0 Å². The molecular weight excluding hydrogens is 210 g/mol. The maximum atomic E-state index is 11.3. The molecule has 0 atom stereocenters. The number of hydrogen-bond acceptors (Lipinski definition) is 4. The van der Waals surface area contributed by atoms with Crippen LogP contribution in [-0.2, 0) is 19.1 Å². The molecule has 0 bridgehead atoms. The van der Waals surface area contributed by atoms with Crippen LogP contribution >= 0.6 is 0 Å². The Bertz CT molecular complexity index is 233. The average molecular weight is 231 g/mol. The minimum absolute atomic E-state index is 0.120. The van der Waals surface area contributed by atoms with Crippen LogP contribution in [0.25, 0.3) is 0 Å². The standard InChI is InChI=1S/C11H21NO4/c1-11(2,3)16-10(14)7-5-6-9(13)12-8-15-4/h5-8H2,1-4H3,(H,12,13). The number of esters is 1. The highest BCUT2D eigenvalue weighted by atomic mass is 16.6. The molecule has 5 nitrogen and oxygen atoms in total. The van der Waals surface area contributed by atoms with Gasteiger partial charge in [-0.15, -0.1) is 0 Å². The fourth-order valence-corrected chi connectivity index (χ4v) is 1.03. The van der Waals surface area contributed by atoms with E-state index in [9.17, 15) is 9.59 Å². The van der Waals surface area contributed by atoms with Crippen LogP contribution in [-0.4, -0.2) is 31.3 Å². The topological polar surface area (TPSA) is 64.6 Å². The van der Waals surface area contributed by atoms with Gasteiger partial charge in [-0.25, -0.2) is 0 Å². The molecule has 0 aromatic rings. The third-order valence-corrected chi connectivity index (χ3v) is 1.62. The van der Waals surface area contributed by atoms with Crippen LogP contribution in [0.1, 0.15) is 40.0 Å². The van der Waals surface area contributed by atoms with Crippen LogP contribution in [0.5, 0.6) is 0 Å². The van der Waals surface area contributed by atoms with Crippen LogP contribution in [0.4, 0.5) is 0 Å². The molecule has 0 aromatic carbocycles. The highest BCUT2D eigenvalue weighted by Gasteiger charge is 2.15. The van der Waals surface area contributed by atoms with Crippen molar-refractivity contribution >= 4 is 11.9 Å². The second-order valence-electron chi connectivity index (χ2n) is 4.47. The lowest BCUT2D eigenvalue weighted by molar-refractivity contribution is -0.154. The summed E-state index contributed by atoms with van der Waals surface area (Å²) in [6, 6.07) is 0. The Balaban J connectivity index is 3.58. The monoisotopic (exact) mass is 231 g/mol. The summed E-state index contributed by atoms with van der Waals surface area (Å²) in [5, 5.41) is 2.54. The molecule has 0 saturated heterocycles. The molecule has 0 spiro atoms. The van der Waals surface area contributed by atoms with E-state index in [1.54, 1.807) is 0 Å². The second kappa shape index (κ2) is 7.22. The molecule has 0 fully saturated rings. The van der Waals surface area contributed by atoms with E-state index in [-0.39, 0.29) is 25.0 Å². The molecule has 0 aliphatic heterocycles. The first-order chi connectivity index (χ1) is 7.35. The lowest BCUT2D eigenvalue weighted by Crippen LogP contribution is -2.26. The second-order valence-corrected chi connectivity index (χ2v) is 4.47. The molecule has 0 radical (unpaired) electrons. The Morgan fingerprint density at radius 2 is 1.81 bits per heavy atom. The van der Waals surface area contributed by atoms with E-state index in [0.29, 0.717) is 12.8 Å². The molecule has 0 saturated carbocycles. The molecule has 1 N–H and O–H groups in total. The van der Waals surface area contributed by atoms with Gasteiger partial charge in [0.2, 0.25) is 5.91 Å². The van der Waals surface area contributed by atoms with Gasteiger partial charge in [0.1, 0.15) is 12.3 Å². The Hall–Kier alpha value is -1.10. The molecule has 0 unspecified atom stereocenters. The number of carbonyl (C=O) groups excluding carboxylic acids is 2. The van der Waals surface area contributed by atoms with Gasteiger partial charge in [0.25, 0.3) is 0 Å². The summed E-state index contributed by atoms with van der Waals surface area (Å²) in [5.41, 5.74) is -0.463. The van der Waals surface area contributed by atoms with Crippen molar-refractivity contribution in [2.45, 2.75) is 45.6 Å². The van der Waals surface area contributed by atoms with Crippen molar-refractivity contribution in [1.29, 1.82) is 0 Å². The maximum absolute atomic E-state index is 11.3. The fourth-order valence-electron chi connectivity index (χ4n) is 1.03. The van der Waals surface area contributed by atoms with E-state index in [2.05, 4.69) is 10.1 Å². The van der Waals surface area contributed by atoms with Crippen molar-refractivity contribution in [2.24, 2.45) is 0 Å². The van der Waals surface area contributed by atoms with Crippen molar-refractivity contribution in [2.75, 3.05) is 13.8 Å². The van der Waals surface area contributed by atoms with Gasteiger partial charge in [0, 0.05) is 20.0 Å². The highest BCUT2D eigenvalue weighted by molar-refractivity contribution is 5.76. The zero-order valence-electron chi connectivity index (χ0n) is 10.5. The molecular formula is C11H21NO4. The van der Waals surface area contributed by atoms with Gasteiger partial charge in [0.05, 0.1) is 0 Å². The summed E-state index contributed by atoms with van der Waals surface area (Å²) in [7, 11) is 1.50. The number of methoxy groups -OCH3 is 1. The predicted octanol–water partition coefficient (Wildman–Crippen LogP) is 1.22. The molecule has 94 valence electrons. The molecule has 1 amide bonds. The van der Waals surface area contributed by atoms with Crippen LogP contribution in [0.2, 0.25) is 0 Å². The lowest BCUT2D eigenvalue weighted by atomic mass is 10.2. The minimum Gasteiger partial charge on any atom is -0.460 e. The van der Waals surface area contributed by atoms with E-state index in [4.69, 9.17) is 4.74 Å². The van der Waals surface area contributed by atoms with E-state index in [0.717, 1.165) is 0 Å². The summed E-state index contributed by atoms with van der Waals surface area (Å²) < 4.78 is 9.79. The number of ether oxygens (including phenoxy) is 2. The SMILES string of the molecule is COCNC(=O)CCCC(=O)OC(C)(C)C. The first-order valence-corrected chi connectivity index (χ1v) is 5.32. The average Bonchev–Trinajstić information content (AvgIpc) is 2.11. The van der Waals surface area contributed by atoms with Crippen molar-refractivity contribution < 1.29 is 19.1 Å². The molecule has 5 heteroatoms. The largest absolute Gasteiger partial charge is 0.460 e. The first kappa shape index (κ1) is 14.9. The van der Waals surface area contributed by atoms with Crippen LogP contribution in [0.3, 0.4) is 0 Å². The van der Waals surface area contributed by atoms with E-state index < -0.39 is 5.60 Å². The lowest BCUT2D eigenvalue weighted by Gasteiger charge is -2.19. The van der Waals surface area contributed by atoms with Gasteiger partial charge in [-0.2, -0.15) is 0 Å². The third kappa shape index (κ3) is 9.45. The zero-order valence-corrected chi connectivity index (χ0v) is 10.5. The molecule has 0 aliphatic carbocycles. The van der Waals surface area contributed by atoms with Gasteiger partial charge in [-0.1, -0.05) is 0 Å². The van der Waals surface area contributed by atoms with Crippen molar-refractivity contribution in [1.82, 2.24) is 5.32 Å². The predicted molar refractivity (Wildman–Crippen MR) is 59.7 cm³/mol. The summed E-state index contributed by atoms with van der Waals surface area (Å²) in [4.78, 5) is 22.4. The van der Waals surface area contributed by atoms with Gasteiger partial charge < -0.3 is 14.8 Å². The first-order valence-electron chi connectivity index (χ1n) is 5.32. The zero-order chi connectivity index (χ0) is 12.6. The van der Waals surface area contributed by atoms with Gasteiger partial charge in [-0.05, 0) is 27.2 Å². The van der Waals surface area contributed by atoms with E-state index >= 15 is 0 Å². The Labute approximate surface area is 96.5 Å². The molecule has 0 aliphatic rings. The maximum Gasteiger partial charge on any atom is 0.306 e. The Morgan fingerprint density at radius 3 is 2.31 bits per heavy atom. The summed E-state index contributed by atoms with van der Waals surface area (Å²) in [5.74, 6) is -0.391. The van der Waals surface area contributed by atoms with E-state index in [1.807, 2.05) is 20.8 Å². The summed E-state index contributed by atoms with van der Waals surface area (Å²) >= 11 is 0. The van der Waals surface area contributed by atoms with Crippen molar-refractivity contribution in [3.8, 4) is 0 Å². The minimum atomic E-state index is -0.463. The number of carbonyl (C=O) groups is 2. The molecule has 16 heavy (non-hydrogen) atoms. The van der Waals surface area contributed by atoms with Gasteiger partial charge >= 0.3 is 5.97 Å². The van der Waals surface area contributed by atoms with E-state index in [1.165, 1.54) is 7.11 Å². The Morgan fingerprint density at radius 1 is 1.19 bits per heavy atom.